The van der Waals surface area contributed by atoms with Gasteiger partial charge in [0.1, 0.15) is 35.8 Å². The van der Waals surface area contributed by atoms with Gasteiger partial charge in [-0.1, -0.05) is 88.4 Å². The molecular weight excluding hydrogens is 767 g/mol. The summed E-state index contributed by atoms with van der Waals surface area (Å²) in [5, 5.41) is 5.23. The number of aromatic nitrogens is 4. The van der Waals surface area contributed by atoms with Crippen LogP contribution in [0.25, 0.3) is 33.6 Å². The Morgan fingerprint density at radius 1 is 0.724 bits per heavy atom. The number of nitrogens with zero attached hydrogens (tertiary/aromatic N) is 5. The summed E-state index contributed by atoms with van der Waals surface area (Å²) in [4.78, 5) is 70.1. The quantitative estimate of drug-likeness (QED) is 0.148. The third kappa shape index (κ3) is 8.92. The van der Waals surface area contributed by atoms with Gasteiger partial charge in [0.2, 0.25) is 21.8 Å². The Labute approximate surface area is 337 Å². The lowest BCUT2D eigenvalue weighted by atomic mass is 10.0. The van der Waals surface area contributed by atoms with E-state index in [2.05, 4.69) is 30.6 Å². The maximum absolute atomic E-state index is 13.8. The number of carbonyl (C=O) groups excluding carboxylic acids is 4. The highest BCUT2D eigenvalue weighted by molar-refractivity contribution is 7.88. The van der Waals surface area contributed by atoms with E-state index in [1.165, 1.54) is 23.4 Å². The van der Waals surface area contributed by atoms with E-state index < -0.39 is 52.3 Å². The molecule has 0 radical (unpaired) electrons. The summed E-state index contributed by atoms with van der Waals surface area (Å²) >= 11 is 0. The number of benzene rings is 2. The van der Waals surface area contributed by atoms with Crippen molar-refractivity contribution in [2.45, 2.75) is 51.9 Å². The van der Waals surface area contributed by atoms with Crippen molar-refractivity contribution in [1.29, 1.82) is 0 Å². The topological polar surface area (TPSA) is 212 Å². The standard InChI is InChI=1S/C40H49N9O8S/c1-23(2)33(45-39(52)56-5)37(50)48-18-8-9-31(48)35-41-19-29(43-35)27-14-10-25(11-15-27)26-12-16-28(17-13-26)30-20-42-36(44-30)32-21-47(58(7,54)55)22-49(32)38(51)34(24(3)4)46-40(53)57-6/h8-17,19-20,23-24,31-34H,18,21-22H2,1-7H3,(H,41,43)(H,42,44)(H,45,52)(H,46,53)/t31-,32-,33-,34-/m0/s1. The Balaban J connectivity index is 1.15. The SMILES string of the molecule is COC(=O)N[C@H](C(=O)N1CC=C[C@H]1c1ncc(-c2ccc(-c3ccc(-c4cnc([C@@H]5CN(S(C)(=O)=O)CN5C(=O)[C@@H](NC(=O)OC)C(C)C)[nH]4)cc3)cc2)[nH]1)C(C)C. The molecule has 4 amide bonds. The van der Waals surface area contributed by atoms with E-state index in [1.54, 1.807) is 31.1 Å². The number of methoxy groups -OCH3 is 2. The van der Waals surface area contributed by atoms with Crippen LogP contribution in [0.5, 0.6) is 0 Å². The van der Waals surface area contributed by atoms with Gasteiger partial charge < -0.3 is 39.9 Å². The van der Waals surface area contributed by atoms with E-state index in [4.69, 9.17) is 9.47 Å². The highest BCUT2D eigenvalue weighted by Crippen LogP contribution is 2.33. The van der Waals surface area contributed by atoms with Crippen molar-refractivity contribution < 1.29 is 37.1 Å². The van der Waals surface area contributed by atoms with Gasteiger partial charge in [-0.25, -0.2) is 28.0 Å². The van der Waals surface area contributed by atoms with Gasteiger partial charge in [-0.15, -0.1) is 0 Å². The molecule has 2 aliphatic rings. The maximum Gasteiger partial charge on any atom is 0.407 e. The van der Waals surface area contributed by atoms with Crippen molar-refractivity contribution in [1.82, 2.24) is 44.7 Å². The van der Waals surface area contributed by atoms with Crippen LogP contribution in [-0.2, 0) is 29.1 Å². The minimum atomic E-state index is -3.64. The van der Waals surface area contributed by atoms with E-state index in [0.29, 0.717) is 23.9 Å². The first-order valence-corrected chi connectivity index (χ1v) is 20.7. The van der Waals surface area contributed by atoms with Crippen LogP contribution < -0.4 is 10.6 Å². The number of nitrogens with one attached hydrogen (secondary N) is 4. The first-order valence-electron chi connectivity index (χ1n) is 18.8. The van der Waals surface area contributed by atoms with E-state index >= 15 is 0 Å². The van der Waals surface area contributed by atoms with E-state index in [-0.39, 0.29) is 31.0 Å². The Bertz CT molecular complexity index is 2270. The molecule has 308 valence electrons. The highest BCUT2D eigenvalue weighted by atomic mass is 32.2. The third-order valence-corrected chi connectivity index (χ3v) is 11.6. The lowest BCUT2D eigenvalue weighted by Gasteiger charge is -2.29. The van der Waals surface area contributed by atoms with Crippen molar-refractivity contribution in [3.63, 3.8) is 0 Å². The third-order valence-electron chi connectivity index (χ3n) is 10.3. The molecule has 58 heavy (non-hydrogen) atoms. The number of hydrogen-bond acceptors (Lipinski definition) is 10. The summed E-state index contributed by atoms with van der Waals surface area (Å²) in [7, 11) is -1.17. The number of rotatable bonds is 12. The summed E-state index contributed by atoms with van der Waals surface area (Å²) < 4.78 is 35.8. The summed E-state index contributed by atoms with van der Waals surface area (Å²) in [6.45, 7) is 7.49. The van der Waals surface area contributed by atoms with Crippen LogP contribution >= 0.6 is 0 Å². The predicted molar refractivity (Wildman–Crippen MR) is 215 cm³/mol. The predicted octanol–water partition coefficient (Wildman–Crippen LogP) is 4.44. The fourth-order valence-corrected chi connectivity index (χ4v) is 7.78. The number of H-pyrrole nitrogens is 2. The van der Waals surface area contributed by atoms with Crippen LogP contribution in [0.2, 0.25) is 0 Å². The van der Waals surface area contributed by atoms with Gasteiger partial charge in [-0.2, -0.15) is 4.31 Å². The average Bonchev–Trinajstić information content (AvgIpc) is 4.04. The van der Waals surface area contributed by atoms with Gasteiger partial charge in [0, 0.05) is 13.1 Å². The van der Waals surface area contributed by atoms with Gasteiger partial charge in [0.15, 0.2) is 0 Å². The van der Waals surface area contributed by atoms with Crippen molar-refractivity contribution >= 4 is 34.0 Å². The van der Waals surface area contributed by atoms with Gasteiger partial charge in [-0.3, -0.25) is 9.59 Å². The Morgan fingerprint density at radius 3 is 1.64 bits per heavy atom. The van der Waals surface area contributed by atoms with Crippen LogP contribution in [0.1, 0.15) is 51.4 Å². The fraction of sp³-hybridized carbons (Fsp3) is 0.400. The van der Waals surface area contributed by atoms with E-state index in [0.717, 1.165) is 34.2 Å². The second-order valence-corrected chi connectivity index (χ2v) is 16.9. The number of ether oxygens (including phenoxy) is 2. The Hall–Kier alpha value is -6.01. The van der Waals surface area contributed by atoms with E-state index in [9.17, 15) is 27.6 Å². The molecule has 1 fully saturated rings. The molecule has 4 N–H and O–H groups in total. The summed E-state index contributed by atoms with van der Waals surface area (Å²) in [5.41, 5.74) is 5.17. The van der Waals surface area contributed by atoms with Crippen LogP contribution in [0.4, 0.5) is 9.59 Å². The molecule has 2 aromatic carbocycles. The second-order valence-electron chi connectivity index (χ2n) is 15.0. The molecule has 4 heterocycles. The van der Waals surface area contributed by atoms with Crippen molar-refractivity contribution in [2.24, 2.45) is 11.8 Å². The fourth-order valence-electron chi connectivity index (χ4n) is 7.03. The molecule has 0 unspecified atom stereocenters. The smallest absolute Gasteiger partial charge is 0.407 e. The average molecular weight is 816 g/mol. The molecule has 0 saturated carbocycles. The number of hydrogen-bond donors (Lipinski definition) is 4. The Kier molecular flexibility index (Phi) is 12.4. The van der Waals surface area contributed by atoms with Gasteiger partial charge in [0.05, 0.1) is 50.9 Å². The monoisotopic (exact) mass is 815 g/mol. The number of imidazole rings is 2. The summed E-state index contributed by atoms with van der Waals surface area (Å²) in [6, 6.07) is 13.0. The molecular formula is C40H49N9O8S. The highest BCUT2D eigenvalue weighted by Gasteiger charge is 2.43. The molecule has 18 heteroatoms. The zero-order valence-electron chi connectivity index (χ0n) is 33.4. The van der Waals surface area contributed by atoms with Crippen molar-refractivity contribution in [3.05, 3.63) is 84.7 Å². The van der Waals surface area contributed by atoms with Crippen LogP contribution in [-0.4, -0.2) is 119 Å². The largest absolute Gasteiger partial charge is 0.453 e. The first-order chi connectivity index (χ1) is 27.6. The molecule has 0 aliphatic carbocycles. The zero-order valence-corrected chi connectivity index (χ0v) is 34.2. The number of aromatic amines is 2. The molecule has 17 nitrogen and oxygen atoms in total. The normalized spacial score (nSPS) is 18.1. The maximum atomic E-state index is 13.8. The second kappa shape index (κ2) is 17.2. The Morgan fingerprint density at radius 2 is 1.17 bits per heavy atom. The lowest BCUT2D eigenvalue weighted by Crippen LogP contribution is -2.51. The van der Waals surface area contributed by atoms with Gasteiger partial charge >= 0.3 is 12.2 Å². The molecule has 4 atom stereocenters. The minimum absolute atomic E-state index is 0.0000275. The van der Waals surface area contributed by atoms with Gasteiger partial charge in [0.25, 0.3) is 0 Å². The van der Waals surface area contributed by atoms with Gasteiger partial charge in [-0.05, 0) is 34.1 Å². The molecule has 0 spiro atoms. The minimum Gasteiger partial charge on any atom is -0.453 e. The van der Waals surface area contributed by atoms with Crippen molar-refractivity contribution in [3.8, 4) is 33.6 Å². The van der Waals surface area contributed by atoms with Crippen LogP contribution in [0.15, 0.2) is 73.1 Å². The first kappa shape index (κ1) is 41.6. The van der Waals surface area contributed by atoms with Crippen LogP contribution in [0.3, 0.4) is 0 Å². The molecule has 2 aromatic heterocycles. The summed E-state index contributed by atoms with van der Waals surface area (Å²) in [6.07, 6.45) is 6.87. The molecule has 1 saturated heterocycles. The van der Waals surface area contributed by atoms with Crippen molar-refractivity contribution in [2.75, 3.05) is 40.2 Å². The van der Waals surface area contributed by atoms with E-state index in [1.807, 2.05) is 74.5 Å². The lowest BCUT2D eigenvalue weighted by molar-refractivity contribution is -0.136. The number of carbonyl (C=O) groups is 4. The molecule has 0 bridgehead atoms. The number of sulfonamides is 1. The number of alkyl carbamates (subject to hydrolysis) is 2. The van der Waals surface area contributed by atoms with Crippen LogP contribution in [0, 0.1) is 11.8 Å². The summed E-state index contributed by atoms with van der Waals surface area (Å²) in [5.74, 6) is -0.110. The zero-order chi connectivity index (χ0) is 41.9. The molecule has 6 rings (SSSR count). The molecule has 2 aliphatic heterocycles. The molecule has 4 aromatic rings. The number of amides is 4.